The van der Waals surface area contributed by atoms with Crippen LogP contribution in [-0.2, 0) is 4.79 Å². The number of benzene rings is 1. The number of nitrogens with one attached hydrogen (secondary N) is 2. The van der Waals surface area contributed by atoms with Crippen LogP contribution >= 0.6 is 0 Å². The Bertz CT molecular complexity index is 694. The average molecular weight is 353 g/mol. The zero-order valence-corrected chi connectivity index (χ0v) is 15.4. The molecular formula is C20H27N5O. The number of nitrogens with zero attached hydrogens (tertiary/aromatic N) is 3. The fourth-order valence-electron chi connectivity index (χ4n) is 3.29. The number of rotatable bonds is 8. The topological polar surface area (TPSA) is 69.1 Å². The summed E-state index contributed by atoms with van der Waals surface area (Å²) in [7, 11) is 2.15. The highest BCUT2D eigenvalue weighted by Gasteiger charge is 2.39. The van der Waals surface area contributed by atoms with Gasteiger partial charge in [-0.1, -0.05) is 12.1 Å². The minimum absolute atomic E-state index is 0.0139. The maximum absolute atomic E-state index is 12.4. The fourth-order valence-corrected chi connectivity index (χ4v) is 3.29. The molecule has 138 valence electrons. The first kappa shape index (κ1) is 18.4. The van der Waals surface area contributed by atoms with E-state index < -0.39 is 5.66 Å². The average Bonchev–Trinajstić information content (AvgIpc) is 3.42. The lowest BCUT2D eigenvalue weighted by Crippen LogP contribution is -2.36. The quantitative estimate of drug-likeness (QED) is 0.703. The minimum Gasteiger partial charge on any atom is -0.381 e. The summed E-state index contributed by atoms with van der Waals surface area (Å²) >= 11 is 0. The van der Waals surface area contributed by atoms with Crippen molar-refractivity contribution in [1.29, 1.82) is 0 Å². The van der Waals surface area contributed by atoms with Crippen molar-refractivity contribution < 1.29 is 4.79 Å². The normalized spacial score (nSPS) is 18.9. The van der Waals surface area contributed by atoms with Crippen molar-refractivity contribution in [1.82, 2.24) is 4.90 Å². The molecular weight excluding hydrogens is 326 g/mol. The molecule has 1 aromatic rings. The van der Waals surface area contributed by atoms with Crippen LogP contribution in [0.2, 0.25) is 0 Å². The number of carbonyl (C=O) groups is 1. The summed E-state index contributed by atoms with van der Waals surface area (Å²) in [6.45, 7) is 2.19. The molecule has 1 amide bonds. The molecule has 26 heavy (non-hydrogen) atoms. The van der Waals surface area contributed by atoms with Crippen LogP contribution in [0.5, 0.6) is 0 Å². The lowest BCUT2D eigenvalue weighted by atomic mass is 10.0. The number of carbonyl (C=O) groups excluding carboxylic acids is 1. The summed E-state index contributed by atoms with van der Waals surface area (Å²) in [5.74, 6) is 2.59. The zero-order valence-electron chi connectivity index (χ0n) is 15.4. The van der Waals surface area contributed by atoms with Crippen LogP contribution < -0.4 is 10.6 Å². The molecule has 0 saturated carbocycles. The van der Waals surface area contributed by atoms with Gasteiger partial charge in [-0.3, -0.25) is 4.79 Å². The van der Waals surface area contributed by atoms with Gasteiger partial charge in [0, 0.05) is 31.7 Å². The number of anilines is 2. The van der Waals surface area contributed by atoms with E-state index in [1.54, 1.807) is 0 Å². The third-order valence-corrected chi connectivity index (χ3v) is 5.08. The van der Waals surface area contributed by atoms with Gasteiger partial charge in [0.05, 0.1) is 11.4 Å². The van der Waals surface area contributed by atoms with Crippen molar-refractivity contribution in [3.63, 3.8) is 0 Å². The van der Waals surface area contributed by atoms with Crippen LogP contribution in [-0.4, -0.2) is 42.6 Å². The van der Waals surface area contributed by atoms with Crippen molar-refractivity contribution in [2.75, 3.05) is 30.8 Å². The standard InChI is InChI=1S/C20H27N5O/c1-3-4-12-20(23-24-20)13-9-19(26)22-18-8-6-5-7-17(18)21-16-10-14-25(2)15-11-16/h1,5-8,16,21H,4,9-15H2,2H3,(H,22,26). The monoisotopic (exact) mass is 353 g/mol. The molecule has 0 aromatic heterocycles. The number of hydrogen-bond donors (Lipinski definition) is 2. The number of terminal acetylenes is 1. The lowest BCUT2D eigenvalue weighted by molar-refractivity contribution is -0.116. The van der Waals surface area contributed by atoms with Crippen LogP contribution in [0.15, 0.2) is 34.5 Å². The first-order valence-electron chi connectivity index (χ1n) is 9.32. The summed E-state index contributed by atoms with van der Waals surface area (Å²) in [4.78, 5) is 14.7. The molecule has 0 aliphatic carbocycles. The lowest BCUT2D eigenvalue weighted by Gasteiger charge is -2.30. The number of amides is 1. The minimum atomic E-state index is -0.407. The van der Waals surface area contributed by atoms with E-state index >= 15 is 0 Å². The second-order valence-corrected chi connectivity index (χ2v) is 7.20. The number of hydrogen-bond acceptors (Lipinski definition) is 5. The second kappa shape index (κ2) is 8.33. The first-order chi connectivity index (χ1) is 12.6. The van der Waals surface area contributed by atoms with Gasteiger partial charge in [0.15, 0.2) is 5.66 Å². The van der Waals surface area contributed by atoms with E-state index in [4.69, 9.17) is 6.42 Å². The van der Waals surface area contributed by atoms with Gasteiger partial charge in [0.1, 0.15) is 0 Å². The highest BCUT2D eigenvalue weighted by atomic mass is 16.1. The van der Waals surface area contributed by atoms with E-state index in [2.05, 4.69) is 38.7 Å². The Balaban J connectivity index is 1.51. The molecule has 0 unspecified atom stereocenters. The zero-order chi connectivity index (χ0) is 18.4. The molecule has 1 aromatic carbocycles. The Hall–Kier alpha value is -2.39. The van der Waals surface area contributed by atoms with Crippen molar-refractivity contribution in [2.24, 2.45) is 10.2 Å². The van der Waals surface area contributed by atoms with E-state index in [0.717, 1.165) is 43.7 Å². The predicted octanol–water partition coefficient (Wildman–Crippen LogP) is 3.49. The largest absolute Gasteiger partial charge is 0.381 e. The van der Waals surface area contributed by atoms with Crippen LogP contribution in [0.4, 0.5) is 11.4 Å². The highest BCUT2D eigenvalue weighted by molar-refractivity contribution is 5.94. The number of likely N-dealkylation sites (tertiary alicyclic amines) is 1. The van der Waals surface area contributed by atoms with Crippen LogP contribution in [0.1, 0.15) is 38.5 Å². The van der Waals surface area contributed by atoms with Gasteiger partial charge in [0.25, 0.3) is 0 Å². The Morgan fingerprint density at radius 3 is 2.62 bits per heavy atom. The van der Waals surface area contributed by atoms with Gasteiger partial charge >= 0.3 is 0 Å². The molecule has 0 atom stereocenters. The van der Waals surface area contributed by atoms with E-state index in [1.165, 1.54) is 0 Å². The maximum atomic E-state index is 12.4. The third-order valence-electron chi connectivity index (χ3n) is 5.08. The molecule has 2 heterocycles. The molecule has 2 aliphatic heterocycles. The van der Waals surface area contributed by atoms with Crippen molar-refractivity contribution in [2.45, 2.75) is 50.2 Å². The molecule has 0 radical (unpaired) electrons. The third kappa shape index (κ3) is 5.06. The Morgan fingerprint density at radius 1 is 1.27 bits per heavy atom. The molecule has 1 saturated heterocycles. The Labute approximate surface area is 155 Å². The van der Waals surface area contributed by atoms with Gasteiger partial charge in [0.2, 0.25) is 5.91 Å². The summed E-state index contributed by atoms with van der Waals surface area (Å²) in [5, 5.41) is 14.8. The fraction of sp³-hybridized carbons (Fsp3) is 0.550. The summed E-state index contributed by atoms with van der Waals surface area (Å²) < 4.78 is 0. The summed E-state index contributed by atoms with van der Waals surface area (Å²) in [6.07, 6.45) is 9.89. The first-order valence-corrected chi connectivity index (χ1v) is 9.32. The molecule has 0 spiro atoms. The van der Waals surface area contributed by atoms with Crippen molar-refractivity contribution in [3.8, 4) is 12.3 Å². The van der Waals surface area contributed by atoms with E-state index in [9.17, 15) is 4.79 Å². The van der Waals surface area contributed by atoms with Crippen LogP contribution in [0.3, 0.4) is 0 Å². The van der Waals surface area contributed by atoms with Gasteiger partial charge in [-0.25, -0.2) is 0 Å². The number of piperidine rings is 1. The molecule has 6 nitrogen and oxygen atoms in total. The second-order valence-electron chi connectivity index (χ2n) is 7.20. The Kier molecular flexibility index (Phi) is 5.89. The molecule has 0 bridgehead atoms. The van der Waals surface area contributed by atoms with Crippen molar-refractivity contribution in [3.05, 3.63) is 24.3 Å². The predicted molar refractivity (Wildman–Crippen MR) is 104 cm³/mol. The van der Waals surface area contributed by atoms with Crippen LogP contribution in [0.25, 0.3) is 0 Å². The van der Waals surface area contributed by atoms with E-state index in [0.29, 0.717) is 25.3 Å². The van der Waals surface area contributed by atoms with Gasteiger partial charge in [-0.05, 0) is 45.1 Å². The summed E-state index contributed by atoms with van der Waals surface area (Å²) in [5.41, 5.74) is 1.41. The highest BCUT2D eigenvalue weighted by Crippen LogP contribution is 2.37. The SMILES string of the molecule is C#CCCC1(CCC(=O)Nc2ccccc2NC2CCN(C)CC2)N=N1. The smallest absolute Gasteiger partial charge is 0.224 e. The molecule has 1 fully saturated rings. The number of para-hydroxylation sites is 2. The molecule has 2 aliphatic rings. The van der Waals surface area contributed by atoms with E-state index in [-0.39, 0.29) is 5.91 Å². The molecule has 2 N–H and O–H groups in total. The molecule has 6 heteroatoms. The maximum Gasteiger partial charge on any atom is 0.224 e. The van der Waals surface area contributed by atoms with Gasteiger partial charge in [-0.2, -0.15) is 10.2 Å². The Morgan fingerprint density at radius 2 is 1.96 bits per heavy atom. The van der Waals surface area contributed by atoms with Crippen molar-refractivity contribution >= 4 is 17.3 Å². The van der Waals surface area contributed by atoms with E-state index in [1.807, 2.05) is 24.3 Å². The van der Waals surface area contributed by atoms with Gasteiger partial charge < -0.3 is 15.5 Å². The van der Waals surface area contributed by atoms with Crippen LogP contribution in [0, 0.1) is 12.3 Å². The summed E-state index contributed by atoms with van der Waals surface area (Å²) in [6, 6.07) is 8.34. The van der Waals surface area contributed by atoms with Gasteiger partial charge in [-0.15, -0.1) is 12.3 Å². The molecule has 3 rings (SSSR count).